The van der Waals surface area contributed by atoms with Crippen molar-refractivity contribution in [2.24, 2.45) is 0 Å². The van der Waals surface area contributed by atoms with Crippen molar-refractivity contribution in [1.82, 2.24) is 14.8 Å². The normalized spacial score (nSPS) is 17.5. The molecule has 2 aromatic rings. The first-order valence-corrected chi connectivity index (χ1v) is 8.63. The lowest BCUT2D eigenvalue weighted by Crippen LogP contribution is -2.59. The Kier molecular flexibility index (Phi) is 5.63. The van der Waals surface area contributed by atoms with Gasteiger partial charge in [0.2, 0.25) is 11.8 Å². The van der Waals surface area contributed by atoms with E-state index in [1.165, 1.54) is 7.11 Å². The Hall–Kier alpha value is -2.73. The van der Waals surface area contributed by atoms with Gasteiger partial charge in [-0.1, -0.05) is 30.3 Å². The Morgan fingerprint density at radius 3 is 2.77 bits per heavy atom. The van der Waals surface area contributed by atoms with Crippen LogP contribution < -0.4 is 0 Å². The van der Waals surface area contributed by atoms with Crippen molar-refractivity contribution in [2.45, 2.75) is 12.5 Å². The van der Waals surface area contributed by atoms with Crippen LogP contribution in [0.1, 0.15) is 5.56 Å². The molecule has 3 rings (SSSR count). The molecule has 6 heteroatoms. The van der Waals surface area contributed by atoms with Crippen molar-refractivity contribution in [3.8, 4) is 11.1 Å². The molecule has 1 saturated heterocycles. The quantitative estimate of drug-likeness (QED) is 0.819. The van der Waals surface area contributed by atoms with Crippen LogP contribution in [0.3, 0.4) is 0 Å². The third kappa shape index (κ3) is 3.91. The first-order chi connectivity index (χ1) is 12.6. The molecule has 2 heterocycles. The summed E-state index contributed by atoms with van der Waals surface area (Å²) in [5.74, 6) is -0.185. The predicted octanol–water partition coefficient (Wildman–Crippen LogP) is 1.61. The van der Waals surface area contributed by atoms with Gasteiger partial charge in [-0.2, -0.15) is 0 Å². The molecule has 1 aliphatic heterocycles. The van der Waals surface area contributed by atoms with Crippen LogP contribution in [0.5, 0.6) is 0 Å². The zero-order valence-electron chi connectivity index (χ0n) is 15.1. The van der Waals surface area contributed by atoms with E-state index in [0.717, 1.165) is 16.7 Å². The molecular formula is C20H23N3O3. The second-order valence-electron chi connectivity index (χ2n) is 6.44. The summed E-state index contributed by atoms with van der Waals surface area (Å²) in [6.45, 7) is 1.06. The number of hydrogen-bond donors (Lipinski definition) is 0. The van der Waals surface area contributed by atoms with E-state index in [9.17, 15) is 9.59 Å². The number of likely N-dealkylation sites (N-methyl/N-ethyl adjacent to an activating group) is 1. The number of amides is 2. The van der Waals surface area contributed by atoms with Gasteiger partial charge in [-0.05, 0) is 22.8 Å². The average molecular weight is 353 g/mol. The van der Waals surface area contributed by atoms with Crippen molar-refractivity contribution in [3.05, 3.63) is 54.4 Å². The monoisotopic (exact) mass is 353 g/mol. The molecule has 0 radical (unpaired) electrons. The minimum absolute atomic E-state index is 0.0107. The molecule has 0 N–H and O–H groups in total. The molecule has 0 saturated carbocycles. The minimum atomic E-state index is -0.499. The zero-order valence-corrected chi connectivity index (χ0v) is 15.1. The van der Waals surface area contributed by atoms with Crippen molar-refractivity contribution < 1.29 is 14.3 Å². The van der Waals surface area contributed by atoms with Crippen molar-refractivity contribution in [3.63, 3.8) is 0 Å². The molecule has 1 aromatic carbocycles. The third-order valence-electron chi connectivity index (χ3n) is 4.65. The van der Waals surface area contributed by atoms with Crippen LogP contribution in [-0.2, 0) is 20.7 Å². The highest BCUT2D eigenvalue weighted by Crippen LogP contribution is 2.22. The number of methoxy groups -OCH3 is 1. The van der Waals surface area contributed by atoms with Crippen LogP contribution in [0, 0.1) is 0 Å². The number of ether oxygens (including phenoxy) is 1. The van der Waals surface area contributed by atoms with E-state index in [1.54, 1.807) is 23.0 Å². The second-order valence-corrected chi connectivity index (χ2v) is 6.44. The maximum Gasteiger partial charge on any atom is 0.249 e. The van der Waals surface area contributed by atoms with Crippen LogP contribution in [0.15, 0.2) is 48.8 Å². The number of hydrogen-bond acceptors (Lipinski definition) is 4. The summed E-state index contributed by atoms with van der Waals surface area (Å²) in [7, 11) is 3.27. The van der Waals surface area contributed by atoms with Crippen molar-refractivity contribution in [2.75, 3.05) is 33.9 Å². The van der Waals surface area contributed by atoms with Crippen LogP contribution in [0.2, 0.25) is 0 Å². The van der Waals surface area contributed by atoms with Crippen LogP contribution in [0.25, 0.3) is 11.1 Å². The van der Waals surface area contributed by atoms with Crippen LogP contribution in [-0.4, -0.2) is 66.5 Å². The summed E-state index contributed by atoms with van der Waals surface area (Å²) in [4.78, 5) is 32.5. The summed E-state index contributed by atoms with van der Waals surface area (Å²) >= 11 is 0. The van der Waals surface area contributed by atoms with E-state index < -0.39 is 6.04 Å². The Labute approximate surface area is 153 Å². The largest absolute Gasteiger partial charge is 0.375 e. The lowest BCUT2D eigenvalue weighted by molar-refractivity contribution is -0.152. The molecule has 0 aliphatic carbocycles. The molecule has 26 heavy (non-hydrogen) atoms. The van der Waals surface area contributed by atoms with E-state index in [1.807, 2.05) is 36.5 Å². The zero-order chi connectivity index (χ0) is 18.5. The van der Waals surface area contributed by atoms with Gasteiger partial charge in [0, 0.05) is 46.1 Å². The molecule has 1 atom stereocenters. The molecule has 1 aliphatic rings. The fourth-order valence-electron chi connectivity index (χ4n) is 3.25. The lowest BCUT2D eigenvalue weighted by Gasteiger charge is -2.39. The molecule has 6 nitrogen and oxygen atoms in total. The Bertz CT molecular complexity index is 779. The first-order valence-electron chi connectivity index (χ1n) is 8.63. The average Bonchev–Trinajstić information content (AvgIpc) is 2.67. The highest BCUT2D eigenvalue weighted by atomic mass is 16.5. The molecular weight excluding hydrogens is 330 g/mol. The van der Waals surface area contributed by atoms with Gasteiger partial charge < -0.3 is 14.5 Å². The number of carbonyl (C=O) groups is 2. The lowest BCUT2D eigenvalue weighted by atomic mass is 9.98. The number of aromatic nitrogens is 1. The summed E-state index contributed by atoms with van der Waals surface area (Å²) in [5.41, 5.74) is 3.07. The number of nitrogens with zero attached hydrogens (tertiary/aromatic N) is 3. The number of carbonyl (C=O) groups excluding carboxylic acids is 2. The van der Waals surface area contributed by atoms with Crippen LogP contribution >= 0.6 is 0 Å². The molecule has 136 valence electrons. The molecule has 2 amide bonds. The van der Waals surface area contributed by atoms with Gasteiger partial charge in [-0.3, -0.25) is 14.6 Å². The van der Waals surface area contributed by atoms with Gasteiger partial charge in [0.25, 0.3) is 0 Å². The first kappa shape index (κ1) is 18.1. The minimum Gasteiger partial charge on any atom is -0.375 e. The maximum absolute atomic E-state index is 12.7. The van der Waals surface area contributed by atoms with E-state index in [2.05, 4.69) is 11.1 Å². The Morgan fingerprint density at radius 2 is 2.04 bits per heavy atom. The molecule has 1 unspecified atom stereocenters. The highest BCUT2D eigenvalue weighted by molar-refractivity contribution is 5.89. The Balaban J connectivity index is 1.84. The standard InChI is InChI=1S/C20H23N3O3/c1-22-9-10-23(19(24)14-26-2)18(20(22)25)12-15-5-3-6-16(11-15)17-7-4-8-21-13-17/h3-8,11,13,18H,9-10,12,14H2,1-2H3. The summed E-state index contributed by atoms with van der Waals surface area (Å²) in [6, 6.07) is 11.4. The summed E-state index contributed by atoms with van der Waals surface area (Å²) in [6.07, 6.45) is 4.03. The third-order valence-corrected chi connectivity index (χ3v) is 4.65. The van der Waals surface area contributed by atoms with Gasteiger partial charge in [-0.25, -0.2) is 0 Å². The van der Waals surface area contributed by atoms with E-state index in [-0.39, 0.29) is 18.4 Å². The van der Waals surface area contributed by atoms with Gasteiger partial charge in [0.15, 0.2) is 0 Å². The van der Waals surface area contributed by atoms with Crippen LogP contribution in [0.4, 0.5) is 0 Å². The van der Waals surface area contributed by atoms with Crippen molar-refractivity contribution in [1.29, 1.82) is 0 Å². The van der Waals surface area contributed by atoms with Gasteiger partial charge in [0.1, 0.15) is 12.6 Å². The molecule has 0 spiro atoms. The molecule has 0 bridgehead atoms. The smallest absolute Gasteiger partial charge is 0.249 e. The van der Waals surface area contributed by atoms with E-state index >= 15 is 0 Å². The predicted molar refractivity (Wildman–Crippen MR) is 98.4 cm³/mol. The maximum atomic E-state index is 12.7. The van der Waals surface area contributed by atoms with Gasteiger partial charge in [-0.15, -0.1) is 0 Å². The topological polar surface area (TPSA) is 62.7 Å². The summed E-state index contributed by atoms with van der Waals surface area (Å²) < 4.78 is 4.97. The van der Waals surface area contributed by atoms with E-state index in [4.69, 9.17) is 4.74 Å². The fourth-order valence-corrected chi connectivity index (χ4v) is 3.25. The SMILES string of the molecule is COCC(=O)N1CCN(C)C(=O)C1Cc1cccc(-c2cccnc2)c1. The number of rotatable bonds is 5. The second kappa shape index (κ2) is 8.10. The number of benzene rings is 1. The summed E-state index contributed by atoms with van der Waals surface area (Å²) in [5, 5.41) is 0. The highest BCUT2D eigenvalue weighted by Gasteiger charge is 2.35. The number of pyridine rings is 1. The van der Waals surface area contributed by atoms with Crippen molar-refractivity contribution >= 4 is 11.8 Å². The fraction of sp³-hybridized carbons (Fsp3) is 0.350. The molecule has 1 aromatic heterocycles. The van der Waals surface area contributed by atoms with Gasteiger partial charge >= 0.3 is 0 Å². The van der Waals surface area contributed by atoms with E-state index in [0.29, 0.717) is 19.5 Å². The molecule has 1 fully saturated rings. The number of piperazine rings is 1. The Morgan fingerprint density at radius 1 is 1.23 bits per heavy atom. The van der Waals surface area contributed by atoms with Gasteiger partial charge in [0.05, 0.1) is 0 Å².